The summed E-state index contributed by atoms with van der Waals surface area (Å²) in [6.45, 7) is 0. The van der Waals surface area contributed by atoms with Crippen molar-refractivity contribution >= 4 is 0 Å². The molecule has 1 aromatic carbocycles. The van der Waals surface area contributed by atoms with Crippen LogP contribution in [0.1, 0.15) is 0 Å². The van der Waals surface area contributed by atoms with Gasteiger partial charge >= 0.3 is 0 Å². The molecule has 2 nitrogen and oxygen atoms in total. The quantitative estimate of drug-likeness (QED) is 0.678. The second-order valence-corrected chi connectivity index (χ2v) is 2.92. The van der Waals surface area contributed by atoms with Crippen molar-refractivity contribution in [1.29, 1.82) is 0 Å². The minimum atomic E-state index is -0.874. The van der Waals surface area contributed by atoms with E-state index in [1.165, 1.54) is 6.07 Å². The molecule has 0 unspecified atom stereocenters. The third-order valence-electron chi connectivity index (χ3n) is 1.84. The Bertz CT molecular complexity index is 463. The van der Waals surface area contributed by atoms with E-state index in [0.29, 0.717) is 11.3 Å². The molecule has 1 radical (unpaired) electrons. The largest absolute Gasteiger partial charge is 0.275 e. The van der Waals surface area contributed by atoms with E-state index in [9.17, 15) is 8.78 Å². The summed E-state index contributed by atoms with van der Waals surface area (Å²) in [5.41, 5.74) is 1.02. The van der Waals surface area contributed by atoms with Gasteiger partial charge in [-0.05, 0) is 18.2 Å². The van der Waals surface area contributed by atoms with Gasteiger partial charge in [-0.25, -0.2) is 8.78 Å². The Kier molecular flexibility index (Phi) is 2.04. The molecule has 1 heterocycles. The SMILES string of the molecule is Cn1c[c]c(-c2ccc(F)c(F)c2)n1. The Hall–Kier alpha value is -1.71. The molecule has 0 saturated carbocycles. The molecular weight excluding hydrogens is 186 g/mol. The van der Waals surface area contributed by atoms with Gasteiger partial charge in [0.2, 0.25) is 0 Å². The number of aryl methyl sites for hydroxylation is 1. The number of hydrogen-bond donors (Lipinski definition) is 0. The van der Waals surface area contributed by atoms with Crippen LogP contribution in [0.2, 0.25) is 0 Å². The van der Waals surface area contributed by atoms with Crippen LogP contribution in [0.5, 0.6) is 0 Å². The number of halogens is 2. The van der Waals surface area contributed by atoms with Crippen molar-refractivity contribution in [1.82, 2.24) is 9.78 Å². The fraction of sp³-hybridized carbons (Fsp3) is 0.100. The fourth-order valence-electron chi connectivity index (χ4n) is 1.15. The first-order chi connectivity index (χ1) is 6.66. The highest BCUT2D eigenvalue weighted by molar-refractivity contribution is 5.57. The van der Waals surface area contributed by atoms with Crippen LogP contribution >= 0.6 is 0 Å². The molecule has 71 valence electrons. The van der Waals surface area contributed by atoms with Crippen molar-refractivity contribution < 1.29 is 8.78 Å². The zero-order valence-electron chi connectivity index (χ0n) is 7.46. The summed E-state index contributed by atoms with van der Waals surface area (Å²) >= 11 is 0. The smallest absolute Gasteiger partial charge is 0.159 e. The van der Waals surface area contributed by atoms with Crippen molar-refractivity contribution in [3.8, 4) is 11.3 Å². The zero-order valence-corrected chi connectivity index (χ0v) is 7.46. The number of nitrogens with zero attached hydrogens (tertiary/aromatic N) is 2. The van der Waals surface area contributed by atoms with Gasteiger partial charge in [-0.15, -0.1) is 0 Å². The summed E-state index contributed by atoms with van der Waals surface area (Å²) in [7, 11) is 1.74. The monoisotopic (exact) mass is 193 g/mol. The van der Waals surface area contributed by atoms with Crippen LogP contribution in [-0.4, -0.2) is 9.78 Å². The van der Waals surface area contributed by atoms with Gasteiger partial charge in [0.15, 0.2) is 11.6 Å². The molecule has 0 fully saturated rings. The minimum Gasteiger partial charge on any atom is -0.275 e. The third-order valence-corrected chi connectivity index (χ3v) is 1.84. The molecule has 0 saturated heterocycles. The van der Waals surface area contributed by atoms with E-state index in [2.05, 4.69) is 11.2 Å². The molecule has 0 atom stereocenters. The molecule has 4 heteroatoms. The molecule has 2 rings (SSSR count). The van der Waals surface area contributed by atoms with E-state index in [4.69, 9.17) is 0 Å². The maximum atomic E-state index is 12.8. The molecule has 1 aromatic heterocycles. The third kappa shape index (κ3) is 1.51. The van der Waals surface area contributed by atoms with Gasteiger partial charge in [-0.1, -0.05) is 0 Å². The normalized spacial score (nSPS) is 10.5. The molecule has 0 bridgehead atoms. The molecular formula is C10H7F2N2. The molecule has 0 spiro atoms. The second kappa shape index (κ2) is 3.21. The highest BCUT2D eigenvalue weighted by Crippen LogP contribution is 2.18. The predicted octanol–water partition coefficient (Wildman–Crippen LogP) is 2.17. The lowest BCUT2D eigenvalue weighted by atomic mass is 10.1. The molecule has 2 aromatic rings. The number of aromatic nitrogens is 2. The Balaban J connectivity index is 2.47. The average Bonchev–Trinajstić information content (AvgIpc) is 2.57. The van der Waals surface area contributed by atoms with E-state index in [0.717, 1.165) is 12.1 Å². The molecule has 0 amide bonds. The van der Waals surface area contributed by atoms with Crippen LogP contribution in [-0.2, 0) is 7.05 Å². The van der Waals surface area contributed by atoms with Crippen LogP contribution in [0, 0.1) is 17.7 Å². The van der Waals surface area contributed by atoms with Gasteiger partial charge in [-0.3, -0.25) is 4.68 Å². The number of rotatable bonds is 1. The first-order valence-corrected chi connectivity index (χ1v) is 4.03. The van der Waals surface area contributed by atoms with Crippen molar-refractivity contribution in [2.45, 2.75) is 0 Å². The summed E-state index contributed by atoms with van der Waals surface area (Å²) in [5, 5.41) is 4.02. The topological polar surface area (TPSA) is 17.8 Å². The molecule has 0 aliphatic heterocycles. The highest BCUT2D eigenvalue weighted by atomic mass is 19.2. The van der Waals surface area contributed by atoms with Crippen molar-refractivity contribution in [3.63, 3.8) is 0 Å². The predicted molar refractivity (Wildman–Crippen MR) is 47.4 cm³/mol. The minimum absolute atomic E-state index is 0.506. The van der Waals surface area contributed by atoms with Gasteiger partial charge in [0.25, 0.3) is 0 Å². The maximum absolute atomic E-state index is 12.8. The summed E-state index contributed by atoms with van der Waals surface area (Å²) in [6, 6.07) is 6.48. The van der Waals surface area contributed by atoms with Crippen LogP contribution < -0.4 is 0 Å². The van der Waals surface area contributed by atoms with Crippen LogP contribution in [0.25, 0.3) is 11.3 Å². The number of benzene rings is 1. The van der Waals surface area contributed by atoms with Gasteiger partial charge in [0.1, 0.15) is 5.69 Å². The van der Waals surface area contributed by atoms with Crippen molar-refractivity contribution in [2.75, 3.05) is 0 Å². The lowest BCUT2D eigenvalue weighted by Gasteiger charge is -1.97. The van der Waals surface area contributed by atoms with E-state index in [1.807, 2.05) is 0 Å². The lowest BCUT2D eigenvalue weighted by Crippen LogP contribution is -1.89. The maximum Gasteiger partial charge on any atom is 0.159 e. The standard InChI is InChI=1S/C10H7F2N2/c1-14-5-4-10(13-14)7-2-3-8(11)9(12)6-7/h2-3,5-6H,1H3. The van der Waals surface area contributed by atoms with E-state index < -0.39 is 11.6 Å². The van der Waals surface area contributed by atoms with Crippen molar-refractivity contribution in [2.24, 2.45) is 7.05 Å². The van der Waals surface area contributed by atoms with E-state index in [1.54, 1.807) is 17.9 Å². The Morgan fingerprint density at radius 2 is 2.07 bits per heavy atom. The van der Waals surface area contributed by atoms with E-state index in [-0.39, 0.29) is 0 Å². The first-order valence-electron chi connectivity index (χ1n) is 4.03. The summed E-state index contributed by atoms with van der Waals surface area (Å²) in [6.07, 6.45) is 1.62. The number of hydrogen-bond acceptors (Lipinski definition) is 1. The van der Waals surface area contributed by atoms with Gasteiger partial charge in [-0.2, -0.15) is 5.10 Å². The summed E-state index contributed by atoms with van der Waals surface area (Å²) in [4.78, 5) is 0. The molecule has 0 aliphatic rings. The van der Waals surface area contributed by atoms with Gasteiger partial charge < -0.3 is 0 Å². The molecule has 14 heavy (non-hydrogen) atoms. The average molecular weight is 193 g/mol. The van der Waals surface area contributed by atoms with Crippen LogP contribution in [0.4, 0.5) is 8.78 Å². The Morgan fingerprint density at radius 1 is 1.29 bits per heavy atom. The van der Waals surface area contributed by atoms with Gasteiger partial charge in [0, 0.05) is 24.9 Å². The zero-order chi connectivity index (χ0) is 10.1. The van der Waals surface area contributed by atoms with E-state index >= 15 is 0 Å². The van der Waals surface area contributed by atoms with Crippen LogP contribution in [0.3, 0.4) is 0 Å². The lowest BCUT2D eigenvalue weighted by molar-refractivity contribution is 0.509. The highest BCUT2D eigenvalue weighted by Gasteiger charge is 2.06. The van der Waals surface area contributed by atoms with Gasteiger partial charge in [0.05, 0.1) is 0 Å². The Morgan fingerprint density at radius 3 is 2.64 bits per heavy atom. The molecule has 0 N–H and O–H groups in total. The van der Waals surface area contributed by atoms with Crippen LogP contribution in [0.15, 0.2) is 24.4 Å². The van der Waals surface area contributed by atoms with Crippen molar-refractivity contribution in [3.05, 3.63) is 42.1 Å². The summed E-state index contributed by atoms with van der Waals surface area (Å²) in [5.74, 6) is -1.73. The molecule has 0 aliphatic carbocycles. The summed E-state index contributed by atoms with van der Waals surface area (Å²) < 4.78 is 27.0. The second-order valence-electron chi connectivity index (χ2n) is 2.92. The fourth-order valence-corrected chi connectivity index (χ4v) is 1.15. The Labute approximate surface area is 79.8 Å². The first kappa shape index (κ1) is 8.87.